The molecule has 3 aromatic carbocycles. The van der Waals surface area contributed by atoms with Gasteiger partial charge in [0, 0.05) is 17.2 Å². The van der Waals surface area contributed by atoms with E-state index >= 15 is 0 Å². The quantitative estimate of drug-likeness (QED) is 0.529. The third-order valence-electron chi connectivity index (χ3n) is 5.30. The molecule has 0 aliphatic heterocycles. The number of nitrogens with one attached hydrogen (secondary N) is 2. The van der Waals surface area contributed by atoms with Gasteiger partial charge in [0.25, 0.3) is 0 Å². The zero-order chi connectivity index (χ0) is 22.0. The number of fused-ring (bicyclic) bond motifs is 1. The van der Waals surface area contributed by atoms with Crippen LogP contribution in [0.15, 0.2) is 85.5 Å². The lowest BCUT2D eigenvalue weighted by molar-refractivity contribution is -0.120. The number of hydrogen-bond acceptors (Lipinski definition) is 4. The number of amides is 2. The van der Waals surface area contributed by atoms with Crippen molar-refractivity contribution in [2.75, 3.05) is 5.32 Å². The number of nitrogens with two attached hydrogens (primary N) is 1. The topological polar surface area (TPSA) is 105 Å². The van der Waals surface area contributed by atoms with Crippen molar-refractivity contribution in [3.05, 3.63) is 102 Å². The highest BCUT2D eigenvalue weighted by atomic mass is 16.5. The van der Waals surface area contributed by atoms with Crippen molar-refractivity contribution in [3.8, 4) is 11.5 Å². The molecule has 2 amide bonds. The zero-order valence-electron chi connectivity index (χ0n) is 16.7. The minimum Gasteiger partial charge on any atom is -0.457 e. The van der Waals surface area contributed by atoms with Crippen LogP contribution in [0.1, 0.15) is 22.6 Å². The first-order chi connectivity index (χ1) is 15.0. The summed E-state index contributed by atoms with van der Waals surface area (Å²) < 4.78 is 5.85. The first-order valence-electron chi connectivity index (χ1n) is 9.76. The number of ether oxygens (including phenoxy) is 1. The Labute approximate surface area is 179 Å². The van der Waals surface area contributed by atoms with E-state index < -0.39 is 17.7 Å². The number of para-hydroxylation sites is 1. The molecule has 0 radical (unpaired) electrons. The molecule has 2 unspecified atom stereocenters. The zero-order valence-corrected chi connectivity index (χ0v) is 16.7. The summed E-state index contributed by atoms with van der Waals surface area (Å²) in [5.74, 6) is -0.731. The number of rotatable bonds is 6. The van der Waals surface area contributed by atoms with Crippen molar-refractivity contribution in [1.29, 1.82) is 5.41 Å². The second kappa shape index (κ2) is 8.28. The summed E-state index contributed by atoms with van der Waals surface area (Å²) in [6, 6.07) is 22.0. The van der Waals surface area contributed by atoms with Gasteiger partial charge in [-0.1, -0.05) is 43.0 Å². The maximum absolute atomic E-state index is 12.3. The van der Waals surface area contributed by atoms with Crippen LogP contribution < -0.4 is 15.8 Å². The van der Waals surface area contributed by atoms with Crippen LogP contribution in [-0.2, 0) is 9.59 Å². The van der Waals surface area contributed by atoms with E-state index in [0.717, 1.165) is 16.9 Å². The molecule has 2 atom stereocenters. The van der Waals surface area contributed by atoms with Gasteiger partial charge in [0.1, 0.15) is 11.5 Å². The first kappa shape index (κ1) is 20.1. The molecule has 1 aliphatic rings. The van der Waals surface area contributed by atoms with Crippen LogP contribution in [0.2, 0.25) is 0 Å². The maximum atomic E-state index is 12.3. The van der Waals surface area contributed by atoms with E-state index in [9.17, 15) is 9.59 Å². The van der Waals surface area contributed by atoms with Crippen LogP contribution in [0.3, 0.4) is 0 Å². The average molecular weight is 411 g/mol. The fourth-order valence-electron chi connectivity index (χ4n) is 3.90. The van der Waals surface area contributed by atoms with Crippen molar-refractivity contribution in [2.24, 2.45) is 11.7 Å². The smallest absolute Gasteiger partial charge is 0.247 e. The monoisotopic (exact) mass is 411 g/mol. The molecule has 6 nitrogen and oxygen atoms in total. The summed E-state index contributed by atoms with van der Waals surface area (Å²) in [6.07, 6.45) is 1.18. The molecular weight excluding hydrogens is 390 g/mol. The summed E-state index contributed by atoms with van der Waals surface area (Å²) >= 11 is 0. The minimum absolute atomic E-state index is 0.179. The molecule has 0 saturated heterocycles. The third kappa shape index (κ3) is 3.96. The second-order valence-electron chi connectivity index (χ2n) is 7.25. The second-order valence-corrected chi connectivity index (χ2v) is 7.25. The summed E-state index contributed by atoms with van der Waals surface area (Å²) in [5.41, 5.74) is 8.68. The Balaban J connectivity index is 1.69. The molecule has 0 heterocycles. The predicted octanol–water partition coefficient (Wildman–Crippen LogP) is 4.22. The van der Waals surface area contributed by atoms with Gasteiger partial charge in [-0.25, -0.2) is 0 Å². The standard InChI is InChI=1S/C25H21N3O3/c1-2-21(29)28-16-10-13-19-20(14-16)22(23(24(19)26)25(27)30)15-8-11-18(12-9-15)31-17-6-4-3-5-7-17/h2-14,22-23,26H,1H2,(H2,27,30)(H,28,29). The van der Waals surface area contributed by atoms with Crippen molar-refractivity contribution in [2.45, 2.75) is 5.92 Å². The van der Waals surface area contributed by atoms with E-state index in [2.05, 4.69) is 11.9 Å². The summed E-state index contributed by atoms with van der Waals surface area (Å²) in [7, 11) is 0. The van der Waals surface area contributed by atoms with Gasteiger partial charge in [-0.15, -0.1) is 0 Å². The SMILES string of the molecule is C=CC(=O)Nc1ccc2c(c1)C(c1ccc(Oc3ccccc3)cc1)C(C(N)=O)C2=N. The molecule has 4 rings (SSSR count). The fourth-order valence-corrected chi connectivity index (χ4v) is 3.90. The Morgan fingerprint density at radius 2 is 1.68 bits per heavy atom. The third-order valence-corrected chi connectivity index (χ3v) is 5.30. The lowest BCUT2D eigenvalue weighted by atomic mass is 9.85. The largest absolute Gasteiger partial charge is 0.457 e. The Bertz CT molecular complexity index is 1170. The molecule has 6 heteroatoms. The minimum atomic E-state index is -0.791. The van der Waals surface area contributed by atoms with Crippen LogP contribution in [-0.4, -0.2) is 17.5 Å². The Morgan fingerprint density at radius 1 is 1.00 bits per heavy atom. The Hall–Kier alpha value is -4.19. The van der Waals surface area contributed by atoms with Crippen LogP contribution in [0.25, 0.3) is 0 Å². The van der Waals surface area contributed by atoms with Crippen LogP contribution in [0.4, 0.5) is 5.69 Å². The number of benzene rings is 3. The highest BCUT2D eigenvalue weighted by Gasteiger charge is 2.41. The molecule has 31 heavy (non-hydrogen) atoms. The number of carbonyl (C=O) groups excluding carboxylic acids is 2. The molecule has 4 N–H and O–H groups in total. The van der Waals surface area contributed by atoms with Crippen molar-refractivity contribution in [3.63, 3.8) is 0 Å². The van der Waals surface area contributed by atoms with Gasteiger partial charge in [0.05, 0.1) is 11.6 Å². The van der Waals surface area contributed by atoms with Crippen LogP contribution in [0, 0.1) is 11.3 Å². The van der Waals surface area contributed by atoms with Gasteiger partial charge >= 0.3 is 0 Å². The number of hydrogen-bond donors (Lipinski definition) is 3. The summed E-state index contributed by atoms with van der Waals surface area (Å²) in [5, 5.41) is 11.2. The predicted molar refractivity (Wildman–Crippen MR) is 120 cm³/mol. The molecule has 0 fully saturated rings. The number of carbonyl (C=O) groups is 2. The van der Waals surface area contributed by atoms with Gasteiger partial charge in [0.2, 0.25) is 11.8 Å². The molecule has 0 aromatic heterocycles. The molecule has 3 aromatic rings. The van der Waals surface area contributed by atoms with E-state index in [1.807, 2.05) is 54.6 Å². The van der Waals surface area contributed by atoms with E-state index in [0.29, 0.717) is 17.0 Å². The first-order valence-corrected chi connectivity index (χ1v) is 9.76. The summed E-state index contributed by atoms with van der Waals surface area (Å²) in [6.45, 7) is 3.46. The van der Waals surface area contributed by atoms with Gasteiger partial charge in [-0.2, -0.15) is 0 Å². The maximum Gasteiger partial charge on any atom is 0.247 e. The van der Waals surface area contributed by atoms with E-state index in [1.165, 1.54) is 6.08 Å². The molecule has 0 spiro atoms. The molecule has 1 aliphatic carbocycles. The number of anilines is 1. The normalized spacial score (nSPS) is 17.0. The van der Waals surface area contributed by atoms with E-state index in [1.54, 1.807) is 18.2 Å². The molecule has 154 valence electrons. The molecule has 0 bridgehead atoms. The van der Waals surface area contributed by atoms with E-state index in [-0.39, 0.29) is 11.6 Å². The van der Waals surface area contributed by atoms with Crippen LogP contribution in [0.5, 0.6) is 11.5 Å². The van der Waals surface area contributed by atoms with Gasteiger partial charge in [0.15, 0.2) is 0 Å². The van der Waals surface area contributed by atoms with Gasteiger partial charge < -0.3 is 21.2 Å². The average Bonchev–Trinajstić information content (AvgIpc) is 3.07. The lowest BCUT2D eigenvalue weighted by Crippen LogP contribution is -2.31. The fraction of sp³-hybridized carbons (Fsp3) is 0.0800. The molecular formula is C25H21N3O3. The van der Waals surface area contributed by atoms with Gasteiger partial charge in [-0.05, 0) is 53.6 Å². The van der Waals surface area contributed by atoms with Crippen molar-refractivity contribution in [1.82, 2.24) is 0 Å². The summed E-state index contributed by atoms with van der Waals surface area (Å²) in [4.78, 5) is 24.0. The van der Waals surface area contributed by atoms with Gasteiger partial charge in [-0.3, -0.25) is 9.59 Å². The van der Waals surface area contributed by atoms with E-state index in [4.69, 9.17) is 15.9 Å². The van der Waals surface area contributed by atoms with Crippen LogP contribution >= 0.6 is 0 Å². The number of primary amides is 1. The molecule has 0 saturated carbocycles. The van der Waals surface area contributed by atoms with Crippen molar-refractivity contribution >= 4 is 23.2 Å². The highest BCUT2D eigenvalue weighted by Crippen LogP contribution is 2.43. The highest BCUT2D eigenvalue weighted by molar-refractivity contribution is 6.16. The van der Waals surface area contributed by atoms with Crippen molar-refractivity contribution < 1.29 is 14.3 Å². The Morgan fingerprint density at radius 3 is 2.32 bits per heavy atom. The Kier molecular flexibility index (Phi) is 5.37. The lowest BCUT2D eigenvalue weighted by Gasteiger charge is -2.19.